The van der Waals surface area contributed by atoms with Crippen molar-refractivity contribution in [1.29, 1.82) is 0 Å². The highest BCUT2D eigenvalue weighted by molar-refractivity contribution is 5.85. The molecule has 0 aliphatic heterocycles. The van der Waals surface area contributed by atoms with E-state index in [1.165, 1.54) is 0 Å². The maximum Gasteiger partial charge on any atom is 0.240 e. The summed E-state index contributed by atoms with van der Waals surface area (Å²) in [6, 6.07) is 7.72. The van der Waals surface area contributed by atoms with Gasteiger partial charge in [0.1, 0.15) is 5.75 Å². The fourth-order valence-corrected chi connectivity index (χ4v) is 2.18. The molecule has 0 fully saturated rings. The van der Waals surface area contributed by atoms with Crippen LogP contribution in [0.15, 0.2) is 24.3 Å². The topological polar surface area (TPSA) is 50.4 Å². The second-order valence-corrected chi connectivity index (χ2v) is 6.05. The summed E-state index contributed by atoms with van der Waals surface area (Å²) in [5, 5.41) is 6.24. The van der Waals surface area contributed by atoms with Crippen LogP contribution in [0.25, 0.3) is 0 Å². The largest absolute Gasteiger partial charge is 0.491 e. The van der Waals surface area contributed by atoms with Gasteiger partial charge in [-0.05, 0) is 47.2 Å². The van der Waals surface area contributed by atoms with Crippen LogP contribution in [0.2, 0.25) is 0 Å². The van der Waals surface area contributed by atoms with Gasteiger partial charge in [0.15, 0.2) is 0 Å². The maximum absolute atomic E-state index is 12.4. The van der Waals surface area contributed by atoms with Crippen molar-refractivity contribution in [2.24, 2.45) is 0 Å². The van der Waals surface area contributed by atoms with Crippen molar-refractivity contribution in [3.63, 3.8) is 0 Å². The minimum absolute atomic E-state index is 0.0174. The van der Waals surface area contributed by atoms with Crippen LogP contribution in [0.4, 0.5) is 0 Å². The quantitative estimate of drug-likeness (QED) is 0.812. The summed E-state index contributed by atoms with van der Waals surface area (Å²) in [4.78, 5) is 12.4. The molecular weight excluding hydrogens is 264 g/mol. The lowest BCUT2D eigenvalue weighted by Gasteiger charge is -2.27. The molecule has 2 N–H and O–H groups in total. The Morgan fingerprint density at radius 3 is 2.43 bits per heavy atom. The normalized spacial score (nSPS) is 13.1. The number of hydrogen-bond acceptors (Lipinski definition) is 3. The Morgan fingerprint density at radius 2 is 1.86 bits per heavy atom. The molecule has 1 amide bonds. The molecule has 118 valence electrons. The number of rotatable bonds is 7. The number of carbonyl (C=O) groups excluding carboxylic acids is 1. The number of likely N-dealkylation sites (N-methyl/N-ethyl adjacent to an activating group) is 1. The third-order valence-corrected chi connectivity index (χ3v) is 3.28. The van der Waals surface area contributed by atoms with Crippen LogP contribution in [0.1, 0.15) is 53.1 Å². The van der Waals surface area contributed by atoms with Gasteiger partial charge >= 0.3 is 0 Å². The summed E-state index contributed by atoms with van der Waals surface area (Å²) in [7, 11) is 0. The smallest absolute Gasteiger partial charge is 0.240 e. The summed E-state index contributed by atoms with van der Waals surface area (Å²) >= 11 is 0. The van der Waals surface area contributed by atoms with Crippen molar-refractivity contribution in [3.8, 4) is 5.75 Å². The Morgan fingerprint density at radius 1 is 1.24 bits per heavy atom. The number of hydrogen-bond donors (Lipinski definition) is 2. The summed E-state index contributed by atoms with van der Waals surface area (Å²) in [6.07, 6.45) is 0.104. The summed E-state index contributed by atoms with van der Waals surface area (Å²) < 4.78 is 5.81. The zero-order valence-electron chi connectivity index (χ0n) is 14.0. The van der Waals surface area contributed by atoms with Crippen LogP contribution in [-0.2, 0) is 4.79 Å². The standard InChI is InChI=1S/C17H28N2O2/c1-7-18-17(5,6)16(20)19-13(4)14-10-8-9-11-15(14)21-12(2)3/h8-13,18H,7H2,1-6H3,(H,19,20). The Bertz CT molecular complexity index is 470. The van der Waals surface area contributed by atoms with Gasteiger partial charge in [-0.1, -0.05) is 25.1 Å². The lowest BCUT2D eigenvalue weighted by molar-refractivity contribution is -0.127. The minimum Gasteiger partial charge on any atom is -0.491 e. The van der Waals surface area contributed by atoms with E-state index in [1.54, 1.807) is 0 Å². The number of para-hydroxylation sites is 1. The molecular formula is C17H28N2O2. The van der Waals surface area contributed by atoms with Crippen molar-refractivity contribution in [2.45, 2.75) is 59.2 Å². The van der Waals surface area contributed by atoms with E-state index in [4.69, 9.17) is 4.74 Å². The highest BCUT2D eigenvalue weighted by Crippen LogP contribution is 2.26. The van der Waals surface area contributed by atoms with Gasteiger partial charge in [0.25, 0.3) is 0 Å². The average Bonchev–Trinajstić information content (AvgIpc) is 2.38. The first-order valence-corrected chi connectivity index (χ1v) is 7.59. The summed E-state index contributed by atoms with van der Waals surface area (Å²) in [5.74, 6) is 0.803. The van der Waals surface area contributed by atoms with E-state index >= 15 is 0 Å². The predicted molar refractivity (Wildman–Crippen MR) is 86.5 cm³/mol. The molecule has 0 aliphatic rings. The van der Waals surface area contributed by atoms with Crippen LogP contribution in [0, 0.1) is 0 Å². The van der Waals surface area contributed by atoms with Crippen LogP contribution in [0.5, 0.6) is 5.75 Å². The molecule has 1 aromatic rings. The molecule has 0 spiro atoms. The van der Waals surface area contributed by atoms with E-state index in [9.17, 15) is 4.79 Å². The Hall–Kier alpha value is -1.55. The first-order valence-electron chi connectivity index (χ1n) is 7.59. The molecule has 0 radical (unpaired) electrons. The lowest BCUT2D eigenvalue weighted by Crippen LogP contribution is -2.53. The second kappa shape index (κ2) is 7.46. The monoisotopic (exact) mass is 292 g/mol. The molecule has 21 heavy (non-hydrogen) atoms. The van der Waals surface area contributed by atoms with Gasteiger partial charge in [-0.25, -0.2) is 0 Å². The highest BCUT2D eigenvalue weighted by atomic mass is 16.5. The first kappa shape index (κ1) is 17.5. The van der Waals surface area contributed by atoms with Crippen LogP contribution in [0.3, 0.4) is 0 Å². The average molecular weight is 292 g/mol. The number of amides is 1. The van der Waals surface area contributed by atoms with Gasteiger partial charge < -0.3 is 15.4 Å². The third-order valence-electron chi connectivity index (χ3n) is 3.28. The van der Waals surface area contributed by atoms with Crippen molar-refractivity contribution < 1.29 is 9.53 Å². The molecule has 0 aliphatic carbocycles. The molecule has 0 saturated heterocycles. The number of benzene rings is 1. The molecule has 1 unspecified atom stereocenters. The van der Waals surface area contributed by atoms with Gasteiger partial charge in [-0.3, -0.25) is 4.79 Å². The second-order valence-electron chi connectivity index (χ2n) is 6.05. The number of carbonyl (C=O) groups is 1. The minimum atomic E-state index is -0.586. The van der Waals surface area contributed by atoms with Crippen LogP contribution >= 0.6 is 0 Å². The van der Waals surface area contributed by atoms with Gasteiger partial charge in [-0.2, -0.15) is 0 Å². The summed E-state index contributed by atoms with van der Waals surface area (Å²) in [6.45, 7) is 12.5. The lowest BCUT2D eigenvalue weighted by atomic mass is 10.0. The van der Waals surface area contributed by atoms with Crippen LogP contribution < -0.4 is 15.4 Å². The summed E-state index contributed by atoms with van der Waals surface area (Å²) in [5.41, 5.74) is 0.406. The maximum atomic E-state index is 12.4. The molecule has 0 heterocycles. The molecule has 1 aromatic carbocycles. The van der Waals surface area contributed by atoms with E-state index in [0.29, 0.717) is 0 Å². The molecule has 0 bridgehead atoms. The van der Waals surface area contributed by atoms with Gasteiger partial charge in [-0.15, -0.1) is 0 Å². The Kier molecular flexibility index (Phi) is 6.21. The van der Waals surface area contributed by atoms with Gasteiger partial charge in [0.2, 0.25) is 5.91 Å². The zero-order chi connectivity index (χ0) is 16.0. The number of nitrogens with one attached hydrogen (secondary N) is 2. The van der Waals surface area contributed by atoms with E-state index in [-0.39, 0.29) is 18.1 Å². The van der Waals surface area contributed by atoms with Gasteiger partial charge in [0, 0.05) is 5.56 Å². The van der Waals surface area contributed by atoms with Crippen molar-refractivity contribution in [1.82, 2.24) is 10.6 Å². The highest BCUT2D eigenvalue weighted by Gasteiger charge is 2.28. The first-order chi connectivity index (χ1) is 9.77. The molecule has 0 aromatic heterocycles. The molecule has 4 heteroatoms. The van der Waals surface area contributed by atoms with E-state index in [0.717, 1.165) is 17.9 Å². The molecule has 0 saturated carbocycles. The van der Waals surface area contributed by atoms with Crippen molar-refractivity contribution >= 4 is 5.91 Å². The molecule has 1 rings (SSSR count). The molecule has 4 nitrogen and oxygen atoms in total. The van der Waals surface area contributed by atoms with E-state index in [2.05, 4.69) is 10.6 Å². The van der Waals surface area contributed by atoms with Crippen molar-refractivity contribution in [2.75, 3.05) is 6.54 Å². The fourth-order valence-electron chi connectivity index (χ4n) is 2.18. The SMILES string of the molecule is CCNC(C)(C)C(=O)NC(C)c1ccccc1OC(C)C. The molecule has 1 atom stereocenters. The zero-order valence-corrected chi connectivity index (χ0v) is 14.0. The van der Waals surface area contributed by atoms with E-state index in [1.807, 2.05) is 65.8 Å². The van der Waals surface area contributed by atoms with Crippen LogP contribution in [-0.4, -0.2) is 24.1 Å². The fraction of sp³-hybridized carbons (Fsp3) is 0.588. The van der Waals surface area contributed by atoms with Gasteiger partial charge in [0.05, 0.1) is 17.7 Å². The Labute approximate surface area is 128 Å². The number of ether oxygens (including phenoxy) is 1. The Balaban J connectivity index is 2.85. The van der Waals surface area contributed by atoms with Crippen molar-refractivity contribution in [3.05, 3.63) is 29.8 Å². The third kappa shape index (κ3) is 5.05. The van der Waals surface area contributed by atoms with E-state index < -0.39 is 5.54 Å². The predicted octanol–water partition coefficient (Wildman–Crippen LogP) is 3.04.